The van der Waals surface area contributed by atoms with E-state index in [0.29, 0.717) is 0 Å². The van der Waals surface area contributed by atoms with E-state index in [1.807, 2.05) is 6.07 Å². The molecule has 0 heterocycles. The third-order valence-electron chi connectivity index (χ3n) is 2.14. The van der Waals surface area contributed by atoms with E-state index in [0.717, 1.165) is 0 Å². The van der Waals surface area contributed by atoms with Crippen molar-refractivity contribution in [1.29, 1.82) is 5.26 Å². The molecule has 3 nitrogen and oxygen atoms in total. The monoisotopic (exact) mass is 223 g/mol. The molecule has 0 aliphatic rings. The summed E-state index contributed by atoms with van der Waals surface area (Å²) in [6.07, 6.45) is -4.27. The van der Waals surface area contributed by atoms with Crippen molar-refractivity contribution in [2.75, 3.05) is 13.1 Å². The largest absolute Gasteiger partial charge is 0.405 e. The number of nitrogens with two attached hydrogens (primary N) is 1. The fourth-order valence-electron chi connectivity index (χ4n) is 1.53. The SMILES string of the molecule is CCN(CCC#N)C(C(C)N)C(F)(F)F. The van der Waals surface area contributed by atoms with Crippen molar-refractivity contribution in [1.82, 2.24) is 4.90 Å². The van der Waals surface area contributed by atoms with Gasteiger partial charge in [0.25, 0.3) is 0 Å². The molecule has 15 heavy (non-hydrogen) atoms. The number of likely N-dealkylation sites (N-methyl/N-ethyl adjacent to an activating group) is 1. The first-order chi connectivity index (χ1) is 6.84. The van der Waals surface area contributed by atoms with Crippen LogP contribution in [0, 0.1) is 11.3 Å². The number of nitriles is 1. The Bertz CT molecular complexity index is 220. The van der Waals surface area contributed by atoms with Gasteiger partial charge in [0, 0.05) is 19.0 Å². The predicted molar refractivity (Wildman–Crippen MR) is 51.0 cm³/mol. The molecule has 0 aliphatic carbocycles. The summed E-state index contributed by atoms with van der Waals surface area (Å²) in [5.74, 6) is 0. The van der Waals surface area contributed by atoms with Crippen molar-refractivity contribution in [3.63, 3.8) is 0 Å². The van der Waals surface area contributed by atoms with Gasteiger partial charge in [-0.1, -0.05) is 6.92 Å². The number of halogens is 3. The Hall–Kier alpha value is -0.800. The van der Waals surface area contributed by atoms with Crippen LogP contribution in [0.15, 0.2) is 0 Å². The molecular formula is C9H16F3N3. The highest BCUT2D eigenvalue weighted by Gasteiger charge is 2.45. The standard InChI is InChI=1S/C9H16F3N3/c1-3-15(6-4-5-13)8(7(2)14)9(10,11)12/h7-8H,3-4,6,14H2,1-2H3. The number of rotatable bonds is 5. The first-order valence-corrected chi connectivity index (χ1v) is 4.77. The summed E-state index contributed by atoms with van der Waals surface area (Å²) in [6, 6.07) is -0.839. The second-order valence-electron chi connectivity index (χ2n) is 3.38. The van der Waals surface area contributed by atoms with Gasteiger partial charge in [0.15, 0.2) is 0 Å². The van der Waals surface area contributed by atoms with Gasteiger partial charge in [-0.2, -0.15) is 18.4 Å². The average molecular weight is 223 g/mol. The second-order valence-corrected chi connectivity index (χ2v) is 3.38. The van der Waals surface area contributed by atoms with Gasteiger partial charge in [-0.15, -0.1) is 0 Å². The van der Waals surface area contributed by atoms with Crippen LogP contribution in [0.5, 0.6) is 0 Å². The van der Waals surface area contributed by atoms with Crippen molar-refractivity contribution in [3.8, 4) is 6.07 Å². The van der Waals surface area contributed by atoms with E-state index in [4.69, 9.17) is 11.0 Å². The van der Waals surface area contributed by atoms with E-state index in [2.05, 4.69) is 0 Å². The summed E-state index contributed by atoms with van der Waals surface area (Å²) in [5.41, 5.74) is 5.33. The summed E-state index contributed by atoms with van der Waals surface area (Å²) < 4.78 is 37.9. The maximum absolute atomic E-state index is 12.6. The lowest BCUT2D eigenvalue weighted by Gasteiger charge is -2.34. The zero-order valence-corrected chi connectivity index (χ0v) is 8.88. The molecule has 0 aliphatic heterocycles. The van der Waals surface area contributed by atoms with Gasteiger partial charge in [0.05, 0.1) is 6.07 Å². The molecule has 0 aromatic carbocycles. The molecule has 6 heteroatoms. The summed E-state index contributed by atoms with van der Waals surface area (Å²) in [4.78, 5) is 1.19. The van der Waals surface area contributed by atoms with Crippen LogP contribution in [-0.4, -0.2) is 36.2 Å². The Labute approximate surface area is 87.6 Å². The lowest BCUT2D eigenvalue weighted by Crippen LogP contribution is -2.55. The maximum Gasteiger partial charge on any atom is 0.405 e. The lowest BCUT2D eigenvalue weighted by atomic mass is 10.1. The van der Waals surface area contributed by atoms with Crippen LogP contribution in [0.25, 0.3) is 0 Å². The van der Waals surface area contributed by atoms with Crippen molar-refractivity contribution >= 4 is 0 Å². The van der Waals surface area contributed by atoms with Crippen LogP contribution in [0.3, 0.4) is 0 Å². The lowest BCUT2D eigenvalue weighted by molar-refractivity contribution is -0.187. The zero-order valence-electron chi connectivity index (χ0n) is 8.88. The van der Waals surface area contributed by atoms with Gasteiger partial charge >= 0.3 is 6.18 Å². The summed E-state index contributed by atoms with van der Waals surface area (Å²) >= 11 is 0. The van der Waals surface area contributed by atoms with Gasteiger partial charge in [-0.3, -0.25) is 4.90 Å². The zero-order chi connectivity index (χ0) is 12.1. The van der Waals surface area contributed by atoms with E-state index in [-0.39, 0.29) is 19.5 Å². The van der Waals surface area contributed by atoms with Gasteiger partial charge < -0.3 is 5.73 Å². The molecule has 2 atom stereocenters. The Morgan fingerprint density at radius 3 is 2.27 bits per heavy atom. The third-order valence-corrected chi connectivity index (χ3v) is 2.14. The minimum Gasteiger partial charge on any atom is -0.326 e. The molecule has 0 rings (SSSR count). The number of alkyl halides is 3. The molecule has 2 unspecified atom stereocenters. The Morgan fingerprint density at radius 1 is 1.47 bits per heavy atom. The Kier molecular flexibility index (Phi) is 5.61. The van der Waals surface area contributed by atoms with Crippen LogP contribution in [0.2, 0.25) is 0 Å². The molecule has 0 amide bonds. The topological polar surface area (TPSA) is 53.0 Å². The van der Waals surface area contributed by atoms with Crippen molar-refractivity contribution in [3.05, 3.63) is 0 Å². The average Bonchev–Trinajstić information content (AvgIpc) is 2.08. The molecule has 0 aromatic rings. The van der Waals surface area contributed by atoms with Crippen LogP contribution in [0.4, 0.5) is 13.2 Å². The smallest absolute Gasteiger partial charge is 0.326 e. The summed E-state index contributed by atoms with van der Waals surface area (Å²) in [7, 11) is 0. The number of nitrogens with zero attached hydrogens (tertiary/aromatic N) is 2. The van der Waals surface area contributed by atoms with E-state index < -0.39 is 18.3 Å². The first-order valence-electron chi connectivity index (χ1n) is 4.77. The van der Waals surface area contributed by atoms with Gasteiger partial charge in [-0.25, -0.2) is 0 Å². The molecule has 0 spiro atoms. The van der Waals surface area contributed by atoms with Gasteiger partial charge in [0.2, 0.25) is 0 Å². The maximum atomic E-state index is 12.6. The van der Waals surface area contributed by atoms with Crippen molar-refractivity contribution < 1.29 is 13.2 Å². The molecule has 88 valence electrons. The summed E-state index contributed by atoms with van der Waals surface area (Å²) in [5, 5.41) is 8.34. The first kappa shape index (κ1) is 14.2. The molecule has 0 fully saturated rings. The van der Waals surface area contributed by atoms with Gasteiger partial charge in [0.1, 0.15) is 6.04 Å². The molecule has 2 N–H and O–H groups in total. The summed E-state index contributed by atoms with van der Waals surface area (Å²) in [6.45, 7) is 3.28. The molecule has 0 radical (unpaired) electrons. The van der Waals surface area contributed by atoms with Crippen LogP contribution >= 0.6 is 0 Å². The van der Waals surface area contributed by atoms with Crippen LogP contribution < -0.4 is 5.73 Å². The third kappa shape index (κ3) is 4.49. The Morgan fingerprint density at radius 2 is 2.00 bits per heavy atom. The fourth-order valence-corrected chi connectivity index (χ4v) is 1.53. The Balaban J connectivity index is 4.65. The van der Waals surface area contributed by atoms with E-state index in [9.17, 15) is 13.2 Å². The minimum atomic E-state index is -4.35. The van der Waals surface area contributed by atoms with Crippen molar-refractivity contribution in [2.24, 2.45) is 5.73 Å². The fraction of sp³-hybridized carbons (Fsp3) is 0.889. The van der Waals surface area contributed by atoms with Crippen LogP contribution in [0.1, 0.15) is 20.3 Å². The van der Waals surface area contributed by atoms with E-state index >= 15 is 0 Å². The second kappa shape index (κ2) is 5.93. The molecular weight excluding hydrogens is 207 g/mol. The van der Waals surface area contributed by atoms with E-state index in [1.165, 1.54) is 11.8 Å². The normalized spacial score (nSPS) is 16.1. The molecule has 0 saturated carbocycles. The molecule has 0 bridgehead atoms. The predicted octanol–water partition coefficient (Wildman–Crippen LogP) is 1.50. The number of hydrogen-bond donors (Lipinski definition) is 1. The highest BCUT2D eigenvalue weighted by molar-refractivity contribution is 4.86. The van der Waals surface area contributed by atoms with Crippen molar-refractivity contribution in [2.45, 2.75) is 38.5 Å². The van der Waals surface area contributed by atoms with E-state index in [1.54, 1.807) is 6.92 Å². The molecule has 0 saturated heterocycles. The number of hydrogen-bond acceptors (Lipinski definition) is 3. The quantitative estimate of drug-likeness (QED) is 0.768. The highest BCUT2D eigenvalue weighted by Crippen LogP contribution is 2.26. The minimum absolute atomic E-state index is 0.0765. The highest BCUT2D eigenvalue weighted by atomic mass is 19.4. The van der Waals surface area contributed by atoms with Gasteiger partial charge in [-0.05, 0) is 13.5 Å². The van der Waals surface area contributed by atoms with Crippen LogP contribution in [-0.2, 0) is 0 Å². The molecule has 0 aromatic heterocycles.